The average Bonchev–Trinajstić information content (AvgIpc) is 2.15. The molecule has 0 saturated heterocycles. The van der Waals surface area contributed by atoms with Gasteiger partial charge >= 0.3 is 6.18 Å². The highest BCUT2D eigenvalue weighted by molar-refractivity contribution is 6.34. The van der Waals surface area contributed by atoms with Crippen LogP contribution in [0.25, 0.3) is 0 Å². The number of halogens is 4. The van der Waals surface area contributed by atoms with Gasteiger partial charge in [-0.15, -0.1) is 0 Å². The molecule has 16 heavy (non-hydrogen) atoms. The molecule has 0 aromatic heterocycles. The van der Waals surface area contributed by atoms with Gasteiger partial charge in [0.1, 0.15) is 0 Å². The Morgan fingerprint density at radius 3 is 2.62 bits per heavy atom. The van der Waals surface area contributed by atoms with Gasteiger partial charge < -0.3 is 10.6 Å². The molecule has 1 amide bonds. The molecule has 1 heterocycles. The van der Waals surface area contributed by atoms with Crippen LogP contribution >= 0.6 is 11.6 Å². The number of anilines is 2. The second-order valence-corrected chi connectivity index (χ2v) is 3.69. The van der Waals surface area contributed by atoms with Crippen LogP contribution in [0.1, 0.15) is 5.56 Å². The van der Waals surface area contributed by atoms with Crippen molar-refractivity contribution in [2.75, 3.05) is 17.2 Å². The Morgan fingerprint density at radius 2 is 2.00 bits per heavy atom. The standard InChI is InChI=1S/C9H6ClF3N2O/c10-5-1-4(9(11,12)13)2-6-8(5)14-3-7(16)15-6/h1-2,14H,3H2,(H,15,16). The minimum atomic E-state index is -4.49. The van der Waals surface area contributed by atoms with E-state index in [4.69, 9.17) is 11.6 Å². The van der Waals surface area contributed by atoms with Gasteiger partial charge in [0.25, 0.3) is 0 Å². The molecule has 1 aliphatic heterocycles. The second-order valence-electron chi connectivity index (χ2n) is 3.28. The lowest BCUT2D eigenvalue weighted by Crippen LogP contribution is -2.28. The Labute approximate surface area is 93.6 Å². The number of carbonyl (C=O) groups excluding carboxylic acids is 1. The number of amides is 1. The topological polar surface area (TPSA) is 41.1 Å². The molecule has 0 atom stereocenters. The molecule has 2 rings (SSSR count). The van der Waals surface area contributed by atoms with Crippen molar-refractivity contribution in [3.63, 3.8) is 0 Å². The SMILES string of the molecule is O=C1CNc2c(Cl)cc(C(F)(F)F)cc2N1. The van der Waals surface area contributed by atoms with Crippen molar-refractivity contribution in [1.82, 2.24) is 0 Å². The van der Waals surface area contributed by atoms with E-state index in [0.29, 0.717) is 5.69 Å². The molecule has 2 N–H and O–H groups in total. The molecular weight excluding hydrogens is 245 g/mol. The molecule has 0 aliphatic carbocycles. The van der Waals surface area contributed by atoms with Crippen molar-refractivity contribution in [3.05, 3.63) is 22.7 Å². The fourth-order valence-corrected chi connectivity index (χ4v) is 1.70. The normalized spacial score (nSPS) is 15.1. The van der Waals surface area contributed by atoms with Crippen molar-refractivity contribution in [1.29, 1.82) is 0 Å². The van der Waals surface area contributed by atoms with Crippen LogP contribution in [0.5, 0.6) is 0 Å². The summed E-state index contributed by atoms with van der Waals surface area (Å²) in [7, 11) is 0. The highest BCUT2D eigenvalue weighted by Gasteiger charge is 2.33. The van der Waals surface area contributed by atoms with Gasteiger partial charge in [0, 0.05) is 0 Å². The lowest BCUT2D eigenvalue weighted by atomic mass is 10.1. The fourth-order valence-electron chi connectivity index (χ4n) is 1.41. The van der Waals surface area contributed by atoms with Crippen LogP contribution in [0.2, 0.25) is 5.02 Å². The lowest BCUT2D eigenvalue weighted by molar-refractivity contribution is -0.137. The summed E-state index contributed by atoms with van der Waals surface area (Å²) in [5.41, 5.74) is -0.523. The summed E-state index contributed by atoms with van der Waals surface area (Å²) >= 11 is 5.69. The zero-order valence-electron chi connectivity index (χ0n) is 7.78. The molecule has 0 saturated carbocycles. The number of benzene rings is 1. The van der Waals surface area contributed by atoms with Crippen LogP contribution in [-0.2, 0) is 11.0 Å². The summed E-state index contributed by atoms with van der Waals surface area (Å²) in [6.45, 7) is -0.00190. The third-order valence-corrected chi connectivity index (χ3v) is 2.42. The van der Waals surface area contributed by atoms with Crippen LogP contribution in [0.15, 0.2) is 12.1 Å². The molecular formula is C9H6ClF3N2O. The average molecular weight is 251 g/mol. The lowest BCUT2D eigenvalue weighted by Gasteiger charge is -2.21. The predicted molar refractivity (Wildman–Crippen MR) is 53.6 cm³/mol. The Morgan fingerprint density at radius 1 is 1.31 bits per heavy atom. The van der Waals surface area contributed by atoms with E-state index in [9.17, 15) is 18.0 Å². The van der Waals surface area contributed by atoms with Crippen LogP contribution in [0.4, 0.5) is 24.5 Å². The van der Waals surface area contributed by atoms with Gasteiger partial charge in [0.05, 0.1) is 28.5 Å². The smallest absolute Gasteiger partial charge is 0.373 e. The van der Waals surface area contributed by atoms with E-state index in [-0.39, 0.29) is 17.3 Å². The summed E-state index contributed by atoms with van der Waals surface area (Å²) < 4.78 is 37.3. The number of hydrogen-bond donors (Lipinski definition) is 2. The second kappa shape index (κ2) is 3.55. The van der Waals surface area contributed by atoms with Crippen molar-refractivity contribution in [3.8, 4) is 0 Å². The molecule has 3 nitrogen and oxygen atoms in total. The number of carbonyl (C=O) groups is 1. The fraction of sp³-hybridized carbons (Fsp3) is 0.222. The summed E-state index contributed by atoms with van der Waals surface area (Å²) in [6, 6.07) is 1.68. The molecule has 0 spiro atoms. The highest BCUT2D eigenvalue weighted by atomic mass is 35.5. The zero-order chi connectivity index (χ0) is 11.9. The molecule has 7 heteroatoms. The quantitative estimate of drug-likeness (QED) is 0.743. The first kappa shape index (κ1) is 11.1. The summed E-state index contributed by atoms with van der Waals surface area (Å²) in [4.78, 5) is 11.0. The minimum absolute atomic E-state index is 0.00190. The number of nitrogens with one attached hydrogen (secondary N) is 2. The van der Waals surface area contributed by atoms with Crippen molar-refractivity contribution < 1.29 is 18.0 Å². The molecule has 1 aromatic carbocycles. The third-order valence-electron chi connectivity index (χ3n) is 2.12. The predicted octanol–water partition coefficient (Wildman–Crippen LogP) is 2.72. The van der Waals surface area contributed by atoms with E-state index in [1.54, 1.807) is 0 Å². The third kappa shape index (κ3) is 1.92. The van der Waals surface area contributed by atoms with Gasteiger partial charge in [-0.25, -0.2) is 0 Å². The number of alkyl halides is 3. The van der Waals surface area contributed by atoms with Crippen molar-refractivity contribution in [2.45, 2.75) is 6.18 Å². The molecule has 0 radical (unpaired) electrons. The van der Waals surface area contributed by atoms with Crippen LogP contribution < -0.4 is 10.6 Å². The maximum absolute atomic E-state index is 12.4. The first-order valence-corrected chi connectivity index (χ1v) is 4.70. The summed E-state index contributed by atoms with van der Waals surface area (Å²) in [5.74, 6) is -0.400. The highest BCUT2D eigenvalue weighted by Crippen LogP contribution is 2.39. The number of hydrogen-bond acceptors (Lipinski definition) is 2. The maximum Gasteiger partial charge on any atom is 0.416 e. The van der Waals surface area contributed by atoms with Crippen LogP contribution in [0, 0.1) is 0 Å². The molecule has 0 unspecified atom stereocenters. The van der Waals surface area contributed by atoms with Gasteiger partial charge in [0.15, 0.2) is 0 Å². The molecule has 0 bridgehead atoms. The monoisotopic (exact) mass is 250 g/mol. The van der Waals surface area contributed by atoms with Crippen LogP contribution in [0.3, 0.4) is 0 Å². The molecule has 1 aliphatic rings. The Hall–Kier alpha value is -1.43. The largest absolute Gasteiger partial charge is 0.416 e. The first-order chi connectivity index (χ1) is 7.38. The van der Waals surface area contributed by atoms with Gasteiger partial charge in [-0.1, -0.05) is 11.6 Å². The Balaban J connectivity index is 2.52. The number of rotatable bonds is 0. The molecule has 86 valence electrons. The summed E-state index contributed by atoms with van der Waals surface area (Å²) in [5, 5.41) is 4.91. The summed E-state index contributed by atoms with van der Waals surface area (Å²) in [6.07, 6.45) is -4.49. The first-order valence-electron chi connectivity index (χ1n) is 4.32. The van der Waals surface area contributed by atoms with Crippen molar-refractivity contribution in [2.24, 2.45) is 0 Å². The number of fused-ring (bicyclic) bond motifs is 1. The van der Waals surface area contributed by atoms with E-state index in [0.717, 1.165) is 12.1 Å². The van der Waals surface area contributed by atoms with Gasteiger partial charge in [-0.3, -0.25) is 4.79 Å². The molecule has 0 fully saturated rings. The van der Waals surface area contributed by atoms with E-state index in [2.05, 4.69) is 10.6 Å². The van der Waals surface area contributed by atoms with E-state index < -0.39 is 17.6 Å². The van der Waals surface area contributed by atoms with E-state index >= 15 is 0 Å². The van der Waals surface area contributed by atoms with Gasteiger partial charge in [0.2, 0.25) is 5.91 Å². The van der Waals surface area contributed by atoms with Crippen LogP contribution in [-0.4, -0.2) is 12.5 Å². The maximum atomic E-state index is 12.4. The Kier molecular flexibility index (Phi) is 2.46. The minimum Gasteiger partial charge on any atom is -0.373 e. The zero-order valence-corrected chi connectivity index (χ0v) is 8.54. The van der Waals surface area contributed by atoms with Crippen molar-refractivity contribution >= 4 is 28.9 Å². The molecule has 1 aromatic rings. The Bertz CT molecular complexity index is 459. The van der Waals surface area contributed by atoms with E-state index in [1.807, 2.05) is 0 Å². The van der Waals surface area contributed by atoms with E-state index in [1.165, 1.54) is 0 Å². The van der Waals surface area contributed by atoms with Gasteiger partial charge in [-0.2, -0.15) is 13.2 Å². The van der Waals surface area contributed by atoms with Gasteiger partial charge in [-0.05, 0) is 12.1 Å².